The van der Waals surface area contributed by atoms with Crippen LogP contribution in [0, 0.1) is 0 Å². The van der Waals surface area contributed by atoms with Gasteiger partial charge in [-0.2, -0.15) is 10.2 Å². The minimum absolute atomic E-state index is 0.00131. The van der Waals surface area contributed by atoms with Gasteiger partial charge in [0.05, 0.1) is 42.5 Å². The van der Waals surface area contributed by atoms with Gasteiger partial charge in [-0.15, -0.1) is 0 Å². The number of benzene rings is 2. The number of aryl methyl sites for hydroxylation is 3. The Bertz CT molecular complexity index is 2750. The predicted octanol–water partition coefficient (Wildman–Crippen LogP) is 4.68. The molecule has 3 aromatic heterocycles. The lowest BCUT2D eigenvalue weighted by Gasteiger charge is -2.35. The Hall–Kier alpha value is -5.92. The fraction of sp³-hybridized carbons (Fsp3) is 0.542. The highest BCUT2D eigenvalue weighted by Gasteiger charge is 2.36. The van der Waals surface area contributed by atoms with Crippen LogP contribution in [0.4, 0.5) is 26.0 Å². The molecule has 0 spiro atoms. The van der Waals surface area contributed by atoms with Crippen LogP contribution in [0.2, 0.25) is 0 Å². The number of amides is 3. The molecule has 2 N–H and O–H groups in total. The molecule has 10 rings (SSSR count). The van der Waals surface area contributed by atoms with E-state index >= 15 is 0 Å². The van der Waals surface area contributed by atoms with E-state index in [9.17, 15) is 28.0 Å². The van der Waals surface area contributed by atoms with Gasteiger partial charge >= 0.3 is 5.69 Å². The SMILES string of the molecule is CC(=O)N1CCc2c(c(N3CCCc4cc(-c5cnn(C)c5)c(C(F)F)cc43)nn2C2CCN(CCCN3CCOC(CNc4ccc5c(c4)n(C)c(=O)n5C4CCC(=O)NC4=O)C3)CC2)C1. The average molecular weight is 923 g/mol. The number of morpholine rings is 1. The molecule has 3 saturated heterocycles. The first-order valence-electron chi connectivity index (χ1n) is 23.8. The molecule has 0 saturated carbocycles. The molecule has 0 aliphatic carbocycles. The van der Waals surface area contributed by atoms with E-state index in [1.54, 1.807) is 48.7 Å². The summed E-state index contributed by atoms with van der Waals surface area (Å²) in [6.45, 7) is 10.2. The Morgan fingerprint density at radius 2 is 1.78 bits per heavy atom. The molecule has 5 aliphatic rings. The Labute approximate surface area is 387 Å². The van der Waals surface area contributed by atoms with Crippen molar-refractivity contribution in [1.82, 2.24) is 48.7 Å². The molecule has 3 amide bonds. The van der Waals surface area contributed by atoms with E-state index in [2.05, 4.69) is 35.1 Å². The first-order valence-corrected chi connectivity index (χ1v) is 23.8. The van der Waals surface area contributed by atoms with Crippen molar-refractivity contribution in [2.45, 2.75) is 89.4 Å². The molecule has 3 fully saturated rings. The summed E-state index contributed by atoms with van der Waals surface area (Å²) in [5, 5.41) is 15.5. The maximum absolute atomic E-state index is 14.7. The number of anilines is 3. The maximum Gasteiger partial charge on any atom is 0.329 e. The standard InChI is InChI=1S/C48H60F2N12O5/c1-30(63)59-19-13-39-38(29-59)46(60-16-4-6-31-22-36(32-25-52-55(2)27-32)37(45(49)50)24-42(31)60)54-62(39)34-11-17-57(18-12-34)14-5-15-58-20-21-67-35(28-58)26-51-33-7-8-40-43(23-33)56(3)48(66)61(40)41-9-10-44(64)53-47(41)65/h7-8,22-25,27,34-35,41,45,51H,4-6,9-21,26,28-29H2,1-3H3,(H,53,64,65). The fourth-order valence-corrected chi connectivity index (χ4v) is 11.0. The summed E-state index contributed by atoms with van der Waals surface area (Å²) in [6.07, 6.45) is 6.54. The number of likely N-dealkylation sites (tertiary alicyclic amines) is 1. The molecule has 2 unspecified atom stereocenters. The lowest BCUT2D eigenvalue weighted by atomic mass is 9.92. The molecule has 2 aromatic carbocycles. The van der Waals surface area contributed by atoms with Crippen molar-refractivity contribution in [3.8, 4) is 11.1 Å². The van der Waals surface area contributed by atoms with E-state index in [4.69, 9.17) is 9.84 Å². The summed E-state index contributed by atoms with van der Waals surface area (Å²) in [6, 6.07) is 8.75. The zero-order valence-electron chi connectivity index (χ0n) is 38.6. The molecule has 8 heterocycles. The van der Waals surface area contributed by atoms with Crippen LogP contribution in [-0.2, 0) is 52.6 Å². The van der Waals surface area contributed by atoms with E-state index < -0.39 is 18.4 Å². The van der Waals surface area contributed by atoms with Crippen molar-refractivity contribution in [3.05, 3.63) is 75.6 Å². The van der Waals surface area contributed by atoms with E-state index in [-0.39, 0.29) is 41.6 Å². The summed E-state index contributed by atoms with van der Waals surface area (Å²) in [5.41, 5.74) is 7.06. The number of alkyl halides is 2. The number of imidazole rings is 1. The number of piperidine rings is 2. The van der Waals surface area contributed by atoms with Gasteiger partial charge in [-0.05, 0) is 93.1 Å². The molecule has 0 radical (unpaired) electrons. The summed E-state index contributed by atoms with van der Waals surface area (Å²) in [4.78, 5) is 59.3. The molecule has 17 nitrogen and oxygen atoms in total. The third-order valence-corrected chi connectivity index (χ3v) is 14.6. The zero-order chi connectivity index (χ0) is 46.5. The van der Waals surface area contributed by atoms with E-state index in [1.807, 2.05) is 29.2 Å². The van der Waals surface area contributed by atoms with Gasteiger partial charge < -0.3 is 24.8 Å². The van der Waals surface area contributed by atoms with Crippen LogP contribution in [0.15, 0.2) is 47.5 Å². The summed E-state index contributed by atoms with van der Waals surface area (Å²) >= 11 is 0. The predicted molar refractivity (Wildman–Crippen MR) is 249 cm³/mol. The highest BCUT2D eigenvalue weighted by Crippen LogP contribution is 2.44. The van der Waals surface area contributed by atoms with Crippen molar-refractivity contribution in [3.63, 3.8) is 0 Å². The molecule has 5 aliphatic heterocycles. The number of halogens is 2. The van der Waals surface area contributed by atoms with Crippen molar-refractivity contribution in [1.29, 1.82) is 0 Å². The number of ether oxygens (including phenoxy) is 1. The Morgan fingerprint density at radius 1 is 0.955 bits per heavy atom. The van der Waals surface area contributed by atoms with Crippen molar-refractivity contribution in [2.24, 2.45) is 14.1 Å². The van der Waals surface area contributed by atoms with Crippen LogP contribution in [0.25, 0.3) is 22.2 Å². The van der Waals surface area contributed by atoms with Gasteiger partial charge in [0, 0.05) is 120 Å². The number of nitrogens with zero attached hydrogens (tertiary/aromatic N) is 10. The van der Waals surface area contributed by atoms with E-state index in [1.165, 1.54) is 4.57 Å². The molecular formula is C48H60F2N12O5. The van der Waals surface area contributed by atoms with Gasteiger partial charge in [0.25, 0.3) is 6.43 Å². The topological polar surface area (TPSA) is 160 Å². The minimum atomic E-state index is -2.66. The van der Waals surface area contributed by atoms with Crippen molar-refractivity contribution < 1.29 is 27.9 Å². The lowest BCUT2D eigenvalue weighted by Crippen LogP contribution is -2.46. The number of rotatable bonds is 12. The number of hydrogen-bond donors (Lipinski definition) is 2. The van der Waals surface area contributed by atoms with Crippen molar-refractivity contribution in [2.75, 3.05) is 75.7 Å². The number of nitrogens with one attached hydrogen (secondary N) is 2. The quantitative estimate of drug-likeness (QED) is 0.168. The highest BCUT2D eigenvalue weighted by atomic mass is 19.3. The molecular weight excluding hydrogens is 863 g/mol. The maximum atomic E-state index is 14.7. The van der Waals surface area contributed by atoms with Crippen LogP contribution in [0.3, 0.4) is 0 Å². The number of carbonyl (C=O) groups excluding carboxylic acids is 3. The Kier molecular flexibility index (Phi) is 12.5. The Morgan fingerprint density at radius 3 is 2.54 bits per heavy atom. The van der Waals surface area contributed by atoms with E-state index in [0.29, 0.717) is 67.8 Å². The van der Waals surface area contributed by atoms with Gasteiger partial charge in [0.1, 0.15) is 6.04 Å². The van der Waals surface area contributed by atoms with Gasteiger partial charge in [-0.25, -0.2) is 13.6 Å². The molecule has 2 atom stereocenters. The number of carbonyl (C=O) groups is 3. The third-order valence-electron chi connectivity index (χ3n) is 14.6. The largest absolute Gasteiger partial charge is 0.382 e. The summed E-state index contributed by atoms with van der Waals surface area (Å²) in [5.74, 6) is 0.0392. The summed E-state index contributed by atoms with van der Waals surface area (Å²) < 4.78 is 42.5. The van der Waals surface area contributed by atoms with Gasteiger partial charge in [-0.1, -0.05) is 0 Å². The number of aromatic nitrogens is 6. The smallest absolute Gasteiger partial charge is 0.329 e. The normalized spacial score (nSPS) is 21.0. The fourth-order valence-electron chi connectivity index (χ4n) is 11.0. The molecule has 0 bridgehead atoms. The number of fused-ring (bicyclic) bond motifs is 3. The first-order chi connectivity index (χ1) is 32.4. The van der Waals surface area contributed by atoms with Crippen LogP contribution < -0.4 is 21.2 Å². The third kappa shape index (κ3) is 8.88. The molecule has 19 heteroatoms. The van der Waals surface area contributed by atoms with Gasteiger partial charge in [-0.3, -0.25) is 43.1 Å². The first kappa shape index (κ1) is 44.9. The van der Waals surface area contributed by atoms with Crippen LogP contribution in [-0.4, -0.2) is 133 Å². The van der Waals surface area contributed by atoms with Crippen molar-refractivity contribution >= 4 is 45.9 Å². The second-order valence-corrected chi connectivity index (χ2v) is 18.9. The average Bonchev–Trinajstić information content (AvgIpc) is 4.01. The number of imide groups is 1. The zero-order valence-corrected chi connectivity index (χ0v) is 38.6. The minimum Gasteiger partial charge on any atom is -0.382 e. The van der Waals surface area contributed by atoms with Gasteiger partial charge in [0.15, 0.2) is 5.82 Å². The number of hydrogen-bond acceptors (Lipinski definition) is 11. The Balaban J connectivity index is 0.754. The monoisotopic (exact) mass is 922 g/mol. The molecule has 5 aromatic rings. The van der Waals surface area contributed by atoms with E-state index in [0.717, 1.165) is 105 Å². The lowest BCUT2D eigenvalue weighted by molar-refractivity contribution is -0.135. The molecule has 67 heavy (non-hydrogen) atoms. The van der Waals surface area contributed by atoms with Crippen LogP contribution in [0.1, 0.15) is 86.3 Å². The van der Waals surface area contributed by atoms with Crippen LogP contribution >= 0.6 is 0 Å². The second kappa shape index (κ2) is 18.6. The molecule has 356 valence electrons. The second-order valence-electron chi connectivity index (χ2n) is 18.9. The highest BCUT2D eigenvalue weighted by molar-refractivity contribution is 6.00. The van der Waals surface area contributed by atoms with Gasteiger partial charge in [0.2, 0.25) is 17.7 Å². The summed E-state index contributed by atoms with van der Waals surface area (Å²) in [7, 11) is 3.48. The van der Waals surface area contributed by atoms with Crippen LogP contribution in [0.5, 0.6) is 0 Å².